The maximum atomic E-state index is 6.14. The highest BCUT2D eigenvalue weighted by molar-refractivity contribution is 7.18. The summed E-state index contributed by atoms with van der Waals surface area (Å²) in [5, 5.41) is 4.10. The van der Waals surface area contributed by atoms with Crippen LogP contribution in [0.3, 0.4) is 0 Å². The van der Waals surface area contributed by atoms with Crippen molar-refractivity contribution in [3.8, 4) is 5.75 Å². The van der Waals surface area contributed by atoms with Crippen LogP contribution < -0.4 is 4.74 Å². The molecule has 0 bridgehead atoms. The van der Waals surface area contributed by atoms with Gasteiger partial charge in [-0.15, -0.1) is 11.3 Å². The normalized spacial score (nSPS) is 10.8. The van der Waals surface area contributed by atoms with Crippen LogP contribution in [0.15, 0.2) is 17.5 Å². The maximum Gasteiger partial charge on any atom is 0.121 e. The minimum absolute atomic E-state index is 0.672. The van der Waals surface area contributed by atoms with Gasteiger partial charge in [0.2, 0.25) is 0 Å². The Labute approximate surface area is 92.3 Å². The minimum atomic E-state index is 0.672. The van der Waals surface area contributed by atoms with E-state index in [-0.39, 0.29) is 0 Å². The van der Waals surface area contributed by atoms with Crippen LogP contribution in [0, 0.1) is 6.92 Å². The summed E-state index contributed by atoms with van der Waals surface area (Å²) < 4.78 is 6.59. The molecule has 3 heteroatoms. The highest BCUT2D eigenvalue weighted by Crippen LogP contribution is 2.35. The van der Waals surface area contributed by atoms with Crippen LogP contribution in [-0.2, 0) is 0 Å². The lowest BCUT2D eigenvalue weighted by Crippen LogP contribution is -1.90. The molecule has 0 amide bonds. The van der Waals surface area contributed by atoms with Gasteiger partial charge in [0.15, 0.2) is 0 Å². The average molecular weight is 227 g/mol. The van der Waals surface area contributed by atoms with Gasteiger partial charge < -0.3 is 4.74 Å². The van der Waals surface area contributed by atoms with E-state index >= 15 is 0 Å². The number of ether oxygens (including phenoxy) is 1. The third-order valence-electron chi connectivity index (χ3n) is 2.11. The SMILES string of the molecule is CCOc1cc(Cl)c2scc(C)c2c1. The van der Waals surface area contributed by atoms with Gasteiger partial charge in [-0.25, -0.2) is 0 Å². The summed E-state index contributed by atoms with van der Waals surface area (Å²) >= 11 is 7.82. The second-order valence-corrected chi connectivity index (χ2v) is 4.42. The summed E-state index contributed by atoms with van der Waals surface area (Å²) in [6.45, 7) is 4.73. The molecule has 0 aliphatic rings. The molecule has 1 aromatic heterocycles. The molecule has 2 rings (SSSR count). The van der Waals surface area contributed by atoms with Crippen LogP contribution in [0.25, 0.3) is 10.1 Å². The van der Waals surface area contributed by atoms with Crippen LogP contribution in [0.1, 0.15) is 12.5 Å². The van der Waals surface area contributed by atoms with Gasteiger partial charge in [-0.1, -0.05) is 11.6 Å². The zero-order valence-corrected chi connectivity index (χ0v) is 9.71. The van der Waals surface area contributed by atoms with E-state index in [9.17, 15) is 0 Å². The van der Waals surface area contributed by atoms with Crippen molar-refractivity contribution in [1.82, 2.24) is 0 Å². The maximum absolute atomic E-state index is 6.14. The lowest BCUT2D eigenvalue weighted by molar-refractivity contribution is 0.341. The number of aryl methyl sites for hydroxylation is 1. The van der Waals surface area contributed by atoms with Gasteiger partial charge in [-0.3, -0.25) is 0 Å². The zero-order valence-electron chi connectivity index (χ0n) is 8.13. The topological polar surface area (TPSA) is 9.23 Å². The van der Waals surface area contributed by atoms with Crippen LogP contribution in [0.5, 0.6) is 5.75 Å². The summed E-state index contributed by atoms with van der Waals surface area (Å²) in [5.74, 6) is 0.853. The van der Waals surface area contributed by atoms with Gasteiger partial charge in [-0.05, 0) is 30.9 Å². The number of fused-ring (bicyclic) bond motifs is 1. The van der Waals surface area contributed by atoms with Gasteiger partial charge in [0.1, 0.15) is 5.75 Å². The first-order chi connectivity index (χ1) is 6.72. The van der Waals surface area contributed by atoms with Crippen LogP contribution >= 0.6 is 22.9 Å². The molecule has 0 aliphatic heterocycles. The fourth-order valence-electron chi connectivity index (χ4n) is 1.44. The largest absolute Gasteiger partial charge is 0.494 e. The van der Waals surface area contributed by atoms with Crippen molar-refractivity contribution in [2.24, 2.45) is 0 Å². The number of benzene rings is 1. The first-order valence-corrected chi connectivity index (χ1v) is 5.78. The fourth-order valence-corrected chi connectivity index (χ4v) is 2.73. The molecule has 0 radical (unpaired) electrons. The third-order valence-corrected chi connectivity index (χ3v) is 3.66. The second-order valence-electron chi connectivity index (χ2n) is 3.13. The number of hydrogen-bond acceptors (Lipinski definition) is 2. The van der Waals surface area contributed by atoms with Crippen LogP contribution in [-0.4, -0.2) is 6.61 Å². The van der Waals surface area contributed by atoms with E-state index in [0.29, 0.717) is 6.61 Å². The molecule has 14 heavy (non-hydrogen) atoms. The molecule has 0 aliphatic carbocycles. The van der Waals surface area contributed by atoms with Crippen molar-refractivity contribution in [2.45, 2.75) is 13.8 Å². The van der Waals surface area contributed by atoms with Crippen LogP contribution in [0.2, 0.25) is 5.02 Å². The second kappa shape index (κ2) is 3.79. The number of halogens is 1. The van der Waals surface area contributed by atoms with Gasteiger partial charge in [0, 0.05) is 11.5 Å². The fraction of sp³-hybridized carbons (Fsp3) is 0.273. The van der Waals surface area contributed by atoms with Gasteiger partial charge in [-0.2, -0.15) is 0 Å². The number of hydrogen-bond donors (Lipinski definition) is 0. The molecular formula is C11H11ClOS. The van der Waals surface area contributed by atoms with E-state index in [0.717, 1.165) is 15.5 Å². The van der Waals surface area contributed by atoms with Gasteiger partial charge in [0.25, 0.3) is 0 Å². The monoisotopic (exact) mass is 226 g/mol. The zero-order chi connectivity index (χ0) is 10.1. The molecule has 1 aromatic carbocycles. The highest BCUT2D eigenvalue weighted by atomic mass is 35.5. The average Bonchev–Trinajstić information content (AvgIpc) is 2.49. The Hall–Kier alpha value is -0.730. The molecule has 0 atom stereocenters. The van der Waals surface area contributed by atoms with Crippen molar-refractivity contribution < 1.29 is 4.74 Å². The summed E-state index contributed by atoms with van der Waals surface area (Å²) in [4.78, 5) is 0. The Balaban J connectivity index is 2.63. The molecular weight excluding hydrogens is 216 g/mol. The first kappa shape index (κ1) is 9.81. The molecule has 1 heterocycles. The molecule has 0 fully saturated rings. The Morgan fingerprint density at radius 2 is 2.21 bits per heavy atom. The number of thiophene rings is 1. The lowest BCUT2D eigenvalue weighted by Gasteiger charge is -2.04. The van der Waals surface area contributed by atoms with E-state index in [1.165, 1.54) is 10.9 Å². The van der Waals surface area contributed by atoms with E-state index < -0.39 is 0 Å². The summed E-state index contributed by atoms with van der Waals surface area (Å²) in [6, 6.07) is 3.93. The predicted octanol–water partition coefficient (Wildman–Crippen LogP) is 4.26. The Bertz CT molecular complexity index is 462. The molecule has 0 unspecified atom stereocenters. The quantitative estimate of drug-likeness (QED) is 0.744. The Morgan fingerprint density at radius 3 is 2.93 bits per heavy atom. The molecule has 0 N–H and O–H groups in total. The molecule has 0 saturated heterocycles. The lowest BCUT2D eigenvalue weighted by atomic mass is 10.2. The first-order valence-electron chi connectivity index (χ1n) is 4.52. The van der Waals surface area contributed by atoms with Crippen molar-refractivity contribution in [2.75, 3.05) is 6.61 Å². The van der Waals surface area contributed by atoms with E-state index in [1.54, 1.807) is 11.3 Å². The predicted molar refractivity (Wildman–Crippen MR) is 62.7 cm³/mol. The van der Waals surface area contributed by atoms with E-state index in [1.807, 2.05) is 13.0 Å². The Morgan fingerprint density at radius 1 is 1.43 bits per heavy atom. The standard InChI is InChI=1S/C11H11ClOS/c1-3-13-8-4-9-7(2)6-14-11(9)10(12)5-8/h4-6H,3H2,1-2H3. The van der Waals surface area contributed by atoms with E-state index in [2.05, 4.69) is 18.4 Å². The molecule has 0 saturated carbocycles. The molecule has 74 valence electrons. The summed E-state index contributed by atoms with van der Waals surface area (Å²) in [5.41, 5.74) is 1.26. The van der Waals surface area contributed by atoms with E-state index in [4.69, 9.17) is 16.3 Å². The van der Waals surface area contributed by atoms with Gasteiger partial charge >= 0.3 is 0 Å². The third kappa shape index (κ3) is 1.60. The smallest absolute Gasteiger partial charge is 0.121 e. The summed E-state index contributed by atoms with van der Waals surface area (Å²) in [7, 11) is 0. The van der Waals surface area contributed by atoms with Crippen molar-refractivity contribution in [3.05, 3.63) is 28.1 Å². The molecule has 2 aromatic rings. The summed E-state index contributed by atoms with van der Waals surface area (Å²) in [6.07, 6.45) is 0. The van der Waals surface area contributed by atoms with Crippen molar-refractivity contribution in [3.63, 3.8) is 0 Å². The van der Waals surface area contributed by atoms with Crippen molar-refractivity contribution in [1.29, 1.82) is 0 Å². The Kier molecular flexibility index (Phi) is 2.66. The van der Waals surface area contributed by atoms with Gasteiger partial charge in [0.05, 0.1) is 16.3 Å². The molecule has 1 nitrogen and oxygen atoms in total. The van der Waals surface area contributed by atoms with Crippen molar-refractivity contribution >= 4 is 33.0 Å². The molecule has 0 spiro atoms. The van der Waals surface area contributed by atoms with Crippen LogP contribution in [0.4, 0.5) is 0 Å². The highest BCUT2D eigenvalue weighted by Gasteiger charge is 2.06. The number of rotatable bonds is 2. The minimum Gasteiger partial charge on any atom is -0.494 e.